The van der Waals surface area contributed by atoms with Crippen LogP contribution in [0.1, 0.15) is 35.2 Å². The van der Waals surface area contributed by atoms with Crippen molar-refractivity contribution in [2.45, 2.75) is 31.1 Å². The number of carbonyl (C=O) groups excluding carboxylic acids is 1. The van der Waals surface area contributed by atoms with Gasteiger partial charge < -0.3 is 10.4 Å². The van der Waals surface area contributed by atoms with Gasteiger partial charge in [0.25, 0.3) is 5.91 Å². The molecule has 0 aliphatic heterocycles. The van der Waals surface area contributed by atoms with Crippen molar-refractivity contribution < 1.29 is 14.7 Å². The second-order valence-electron chi connectivity index (χ2n) is 5.09. The second-order valence-corrected chi connectivity index (χ2v) is 5.96. The van der Waals surface area contributed by atoms with E-state index in [9.17, 15) is 9.59 Å². The van der Waals surface area contributed by atoms with Gasteiger partial charge in [0.15, 0.2) is 0 Å². The zero-order valence-corrected chi connectivity index (χ0v) is 12.3. The minimum Gasteiger partial charge on any atom is -0.481 e. The van der Waals surface area contributed by atoms with Crippen LogP contribution in [-0.2, 0) is 10.5 Å². The Morgan fingerprint density at radius 2 is 2.20 bits per heavy atom. The Morgan fingerprint density at radius 3 is 2.90 bits per heavy atom. The Labute approximate surface area is 123 Å². The average Bonchev–Trinajstić information content (AvgIpc) is 2.88. The highest BCUT2D eigenvalue weighted by Crippen LogP contribution is 2.26. The quantitative estimate of drug-likeness (QED) is 0.875. The van der Waals surface area contributed by atoms with Gasteiger partial charge in [-0.3, -0.25) is 9.59 Å². The van der Waals surface area contributed by atoms with Gasteiger partial charge in [-0.15, -0.1) is 0 Å². The summed E-state index contributed by atoms with van der Waals surface area (Å²) in [5.41, 5.74) is 1.71. The first-order valence-electron chi connectivity index (χ1n) is 6.73. The molecule has 1 fully saturated rings. The molecule has 0 bridgehead atoms. The summed E-state index contributed by atoms with van der Waals surface area (Å²) >= 11 is 1.70. The van der Waals surface area contributed by atoms with Gasteiger partial charge >= 0.3 is 5.97 Å². The predicted molar refractivity (Wildman–Crippen MR) is 79.9 cm³/mol. The molecule has 2 N–H and O–H groups in total. The van der Waals surface area contributed by atoms with Gasteiger partial charge in [0.05, 0.1) is 5.92 Å². The average molecular weight is 293 g/mol. The van der Waals surface area contributed by atoms with Crippen LogP contribution >= 0.6 is 11.8 Å². The number of thioether (sulfide) groups is 1. The van der Waals surface area contributed by atoms with E-state index in [1.54, 1.807) is 17.8 Å². The third kappa shape index (κ3) is 3.54. The summed E-state index contributed by atoms with van der Waals surface area (Å²) in [5.74, 6) is -0.578. The van der Waals surface area contributed by atoms with Crippen LogP contribution in [0.15, 0.2) is 24.3 Å². The first-order valence-corrected chi connectivity index (χ1v) is 8.12. The minimum absolute atomic E-state index is 0.175. The maximum absolute atomic E-state index is 12.2. The van der Waals surface area contributed by atoms with Crippen LogP contribution in [-0.4, -0.2) is 29.3 Å². The highest BCUT2D eigenvalue weighted by atomic mass is 32.2. The molecule has 0 saturated heterocycles. The maximum atomic E-state index is 12.2. The van der Waals surface area contributed by atoms with E-state index in [1.165, 1.54) is 0 Å². The standard InChI is InChI=1S/C15H19NO3S/c1-20-9-10-4-2-5-11(8-10)14(17)16-13-7-3-6-12(13)15(18)19/h2,4-5,8,12-13H,3,6-7,9H2,1H3,(H,16,17)(H,18,19). The number of rotatable bonds is 5. The van der Waals surface area contributed by atoms with Crippen LogP contribution in [0.3, 0.4) is 0 Å². The van der Waals surface area contributed by atoms with Crippen LogP contribution in [0, 0.1) is 5.92 Å². The largest absolute Gasteiger partial charge is 0.481 e. The first-order chi connectivity index (χ1) is 9.61. The number of carbonyl (C=O) groups is 2. The number of carboxylic acid groups (broad SMARTS) is 1. The predicted octanol–water partition coefficient (Wildman–Crippen LogP) is 2.53. The second kappa shape index (κ2) is 6.79. The monoisotopic (exact) mass is 293 g/mol. The molecule has 0 heterocycles. The molecule has 2 unspecified atom stereocenters. The van der Waals surface area contributed by atoms with Crippen molar-refractivity contribution in [3.8, 4) is 0 Å². The van der Waals surface area contributed by atoms with E-state index < -0.39 is 11.9 Å². The molecule has 1 aliphatic carbocycles. The topological polar surface area (TPSA) is 66.4 Å². The number of hydrogen-bond donors (Lipinski definition) is 2. The fourth-order valence-corrected chi connectivity index (χ4v) is 3.16. The Bertz CT molecular complexity index is 504. The molecule has 1 saturated carbocycles. The van der Waals surface area contributed by atoms with E-state index >= 15 is 0 Å². The number of benzene rings is 1. The zero-order valence-electron chi connectivity index (χ0n) is 11.5. The van der Waals surface area contributed by atoms with Crippen molar-refractivity contribution in [1.29, 1.82) is 0 Å². The van der Waals surface area contributed by atoms with E-state index in [0.717, 1.165) is 24.2 Å². The molecule has 108 valence electrons. The lowest BCUT2D eigenvalue weighted by Crippen LogP contribution is -2.40. The zero-order chi connectivity index (χ0) is 14.5. The molecule has 0 spiro atoms. The van der Waals surface area contributed by atoms with Crippen LogP contribution in [0.25, 0.3) is 0 Å². The highest BCUT2D eigenvalue weighted by Gasteiger charge is 2.33. The SMILES string of the molecule is CSCc1cccc(C(=O)NC2CCCC2C(=O)O)c1. The molecule has 5 heteroatoms. The van der Waals surface area contributed by atoms with E-state index in [4.69, 9.17) is 5.11 Å². The molecule has 1 aromatic carbocycles. The summed E-state index contributed by atoms with van der Waals surface area (Å²) in [7, 11) is 0. The van der Waals surface area contributed by atoms with Gasteiger partial charge in [0.2, 0.25) is 0 Å². The molecular weight excluding hydrogens is 274 g/mol. The number of aliphatic carboxylic acids is 1. The molecule has 20 heavy (non-hydrogen) atoms. The molecule has 1 aliphatic rings. The van der Waals surface area contributed by atoms with E-state index in [1.807, 2.05) is 24.5 Å². The Balaban J connectivity index is 2.04. The maximum Gasteiger partial charge on any atom is 0.308 e. The lowest BCUT2D eigenvalue weighted by Gasteiger charge is -2.17. The fraction of sp³-hybridized carbons (Fsp3) is 0.467. The van der Waals surface area contributed by atoms with Gasteiger partial charge in [0.1, 0.15) is 0 Å². The lowest BCUT2D eigenvalue weighted by molar-refractivity contribution is -0.142. The summed E-state index contributed by atoms with van der Waals surface area (Å²) in [6.07, 6.45) is 4.26. The van der Waals surface area contributed by atoms with Crippen LogP contribution < -0.4 is 5.32 Å². The van der Waals surface area contributed by atoms with E-state index in [2.05, 4.69) is 5.32 Å². The summed E-state index contributed by atoms with van der Waals surface area (Å²) < 4.78 is 0. The van der Waals surface area contributed by atoms with E-state index in [-0.39, 0.29) is 11.9 Å². The normalized spacial score (nSPS) is 21.6. The van der Waals surface area contributed by atoms with Crippen molar-refractivity contribution >= 4 is 23.6 Å². The Hall–Kier alpha value is -1.49. The summed E-state index contributed by atoms with van der Waals surface area (Å²) in [6, 6.07) is 7.25. The summed E-state index contributed by atoms with van der Waals surface area (Å²) in [6.45, 7) is 0. The molecule has 2 atom stereocenters. The Kier molecular flexibility index (Phi) is 5.06. The van der Waals surface area contributed by atoms with Crippen molar-refractivity contribution in [3.05, 3.63) is 35.4 Å². The Morgan fingerprint density at radius 1 is 1.40 bits per heavy atom. The van der Waals surface area contributed by atoms with Crippen LogP contribution in [0.5, 0.6) is 0 Å². The van der Waals surface area contributed by atoms with E-state index in [0.29, 0.717) is 12.0 Å². The molecule has 1 amide bonds. The molecule has 0 aromatic heterocycles. The summed E-state index contributed by atoms with van der Waals surface area (Å²) in [4.78, 5) is 23.3. The molecule has 2 rings (SSSR count). The minimum atomic E-state index is -0.816. The first kappa shape index (κ1) is 14.9. The van der Waals surface area contributed by atoms with Crippen LogP contribution in [0.4, 0.5) is 0 Å². The van der Waals surface area contributed by atoms with Crippen molar-refractivity contribution in [2.75, 3.05) is 6.26 Å². The van der Waals surface area contributed by atoms with Gasteiger partial charge in [-0.2, -0.15) is 11.8 Å². The molecule has 4 nitrogen and oxygen atoms in total. The van der Waals surface area contributed by atoms with Gasteiger partial charge in [-0.05, 0) is 36.8 Å². The highest BCUT2D eigenvalue weighted by molar-refractivity contribution is 7.97. The number of carboxylic acids is 1. The third-order valence-electron chi connectivity index (χ3n) is 3.65. The van der Waals surface area contributed by atoms with Gasteiger partial charge in [0, 0.05) is 17.4 Å². The number of amides is 1. The fourth-order valence-electron chi connectivity index (χ4n) is 2.65. The van der Waals surface area contributed by atoms with Gasteiger partial charge in [-0.1, -0.05) is 18.6 Å². The van der Waals surface area contributed by atoms with Crippen molar-refractivity contribution in [2.24, 2.45) is 5.92 Å². The number of hydrogen-bond acceptors (Lipinski definition) is 3. The molecular formula is C15H19NO3S. The lowest BCUT2D eigenvalue weighted by atomic mass is 10.0. The smallest absolute Gasteiger partial charge is 0.308 e. The van der Waals surface area contributed by atoms with Gasteiger partial charge in [-0.25, -0.2) is 0 Å². The van der Waals surface area contributed by atoms with Crippen molar-refractivity contribution in [3.63, 3.8) is 0 Å². The molecule has 0 radical (unpaired) electrons. The van der Waals surface area contributed by atoms with Crippen LogP contribution in [0.2, 0.25) is 0 Å². The number of nitrogens with one attached hydrogen (secondary N) is 1. The third-order valence-corrected chi connectivity index (χ3v) is 4.27. The van der Waals surface area contributed by atoms with Crippen molar-refractivity contribution in [1.82, 2.24) is 5.32 Å². The molecule has 1 aromatic rings. The summed E-state index contributed by atoms with van der Waals surface area (Å²) in [5, 5.41) is 12.0.